The van der Waals surface area contributed by atoms with Crippen molar-refractivity contribution in [2.45, 2.75) is 25.0 Å². The van der Waals surface area contributed by atoms with E-state index in [1.54, 1.807) is 12.1 Å². The van der Waals surface area contributed by atoms with Crippen LogP contribution in [0.25, 0.3) is 10.8 Å². The third-order valence-electron chi connectivity index (χ3n) is 5.30. The van der Waals surface area contributed by atoms with Gasteiger partial charge in [-0.25, -0.2) is 4.98 Å². The summed E-state index contributed by atoms with van der Waals surface area (Å²) in [6, 6.07) is 17.9. The lowest BCUT2D eigenvalue weighted by Crippen LogP contribution is -2.32. The summed E-state index contributed by atoms with van der Waals surface area (Å²) < 4.78 is 0. The third-order valence-corrected chi connectivity index (χ3v) is 6.70. The fourth-order valence-electron chi connectivity index (χ4n) is 3.56. The molecule has 7 nitrogen and oxygen atoms in total. The summed E-state index contributed by atoms with van der Waals surface area (Å²) in [6.07, 6.45) is 0. The maximum absolute atomic E-state index is 12.8. The molecule has 0 bridgehead atoms. The molecule has 0 saturated heterocycles. The fraction of sp³-hybridized carbons (Fsp3) is 0.200. The minimum Gasteiger partial charge on any atom is -0.342 e. The van der Waals surface area contributed by atoms with Crippen LogP contribution in [0.15, 0.2) is 65.8 Å². The average molecular weight is 528 g/mol. The SMILES string of the molecule is CC(C)[C@@H](NC(=O)c1ccc(Cl)cc1Cl)c1nc(SCC(=O)Nc2cccc3ccccc23)n[nH]1. The first kappa shape index (κ1) is 25.0. The molecule has 10 heteroatoms. The lowest BCUT2D eigenvalue weighted by molar-refractivity contribution is -0.113. The first-order valence-electron chi connectivity index (χ1n) is 10.9. The van der Waals surface area contributed by atoms with Crippen molar-refractivity contribution >= 4 is 63.2 Å². The van der Waals surface area contributed by atoms with Gasteiger partial charge in [-0.3, -0.25) is 14.7 Å². The van der Waals surface area contributed by atoms with Crippen LogP contribution in [0.3, 0.4) is 0 Å². The van der Waals surface area contributed by atoms with Gasteiger partial charge in [0.1, 0.15) is 5.82 Å². The van der Waals surface area contributed by atoms with Gasteiger partial charge in [0.2, 0.25) is 11.1 Å². The molecule has 0 aliphatic rings. The van der Waals surface area contributed by atoms with Crippen LogP contribution in [0.5, 0.6) is 0 Å². The Labute approximate surface area is 217 Å². The first-order valence-corrected chi connectivity index (χ1v) is 12.6. The van der Waals surface area contributed by atoms with Gasteiger partial charge in [0.25, 0.3) is 5.91 Å². The van der Waals surface area contributed by atoms with Crippen LogP contribution in [0.2, 0.25) is 10.0 Å². The Morgan fingerprint density at radius 1 is 1.06 bits per heavy atom. The Morgan fingerprint density at radius 3 is 2.60 bits per heavy atom. The highest BCUT2D eigenvalue weighted by Gasteiger charge is 2.24. The van der Waals surface area contributed by atoms with E-state index < -0.39 is 6.04 Å². The zero-order valence-corrected chi connectivity index (χ0v) is 21.3. The fourth-order valence-corrected chi connectivity index (χ4v) is 4.66. The normalized spacial score (nSPS) is 12.0. The summed E-state index contributed by atoms with van der Waals surface area (Å²) in [6.45, 7) is 3.92. The van der Waals surface area contributed by atoms with Crippen molar-refractivity contribution in [3.8, 4) is 0 Å². The lowest BCUT2D eigenvalue weighted by Gasteiger charge is -2.20. The molecule has 180 valence electrons. The number of benzene rings is 3. The molecule has 35 heavy (non-hydrogen) atoms. The maximum Gasteiger partial charge on any atom is 0.253 e. The molecule has 0 fully saturated rings. The molecule has 3 N–H and O–H groups in total. The number of thioether (sulfide) groups is 1. The number of aromatic nitrogens is 3. The van der Waals surface area contributed by atoms with Crippen LogP contribution in [0.1, 0.15) is 36.1 Å². The standard InChI is InChI=1S/C25H23Cl2N5O2S/c1-14(2)22(29-24(34)18-11-10-16(26)12-19(18)27)23-30-25(32-31-23)35-13-21(33)28-20-9-5-7-15-6-3-4-8-17(15)20/h3-12,14,22H,13H2,1-2H3,(H,28,33)(H,29,34)(H,30,31,32)/t22-/m1/s1. The van der Waals surface area contributed by atoms with Gasteiger partial charge in [-0.05, 0) is 35.6 Å². The van der Waals surface area contributed by atoms with Crippen LogP contribution >= 0.6 is 35.0 Å². The number of halogens is 2. The van der Waals surface area contributed by atoms with Gasteiger partial charge in [0.05, 0.1) is 22.4 Å². The molecule has 0 unspecified atom stereocenters. The second-order valence-electron chi connectivity index (χ2n) is 8.19. The van der Waals surface area contributed by atoms with E-state index in [1.165, 1.54) is 17.8 Å². The van der Waals surface area contributed by atoms with E-state index >= 15 is 0 Å². The highest BCUT2D eigenvalue weighted by Crippen LogP contribution is 2.26. The highest BCUT2D eigenvalue weighted by atomic mass is 35.5. The van der Waals surface area contributed by atoms with Crippen molar-refractivity contribution < 1.29 is 9.59 Å². The van der Waals surface area contributed by atoms with Crippen LogP contribution in [0.4, 0.5) is 5.69 Å². The van der Waals surface area contributed by atoms with Gasteiger partial charge in [-0.2, -0.15) is 0 Å². The third kappa shape index (κ3) is 6.14. The van der Waals surface area contributed by atoms with Crippen molar-refractivity contribution in [1.82, 2.24) is 20.5 Å². The summed E-state index contributed by atoms with van der Waals surface area (Å²) in [4.78, 5) is 29.8. The number of nitrogens with one attached hydrogen (secondary N) is 3. The van der Waals surface area contributed by atoms with Crippen LogP contribution in [-0.2, 0) is 4.79 Å². The van der Waals surface area contributed by atoms with Crippen LogP contribution in [0, 0.1) is 5.92 Å². The van der Waals surface area contributed by atoms with E-state index in [0.29, 0.717) is 21.6 Å². The van der Waals surface area contributed by atoms with Crippen molar-refractivity contribution in [2.75, 3.05) is 11.1 Å². The van der Waals surface area contributed by atoms with E-state index in [-0.39, 0.29) is 28.5 Å². The van der Waals surface area contributed by atoms with Crippen molar-refractivity contribution in [3.63, 3.8) is 0 Å². The molecular weight excluding hydrogens is 505 g/mol. The van der Waals surface area contributed by atoms with E-state index in [9.17, 15) is 9.59 Å². The summed E-state index contributed by atoms with van der Waals surface area (Å²) in [5.74, 6) is 0.148. The van der Waals surface area contributed by atoms with Crippen molar-refractivity contribution in [3.05, 3.63) is 82.1 Å². The molecule has 1 atom stereocenters. The monoisotopic (exact) mass is 527 g/mol. The molecule has 0 aliphatic carbocycles. The Balaban J connectivity index is 1.39. The van der Waals surface area contributed by atoms with Crippen molar-refractivity contribution in [1.29, 1.82) is 0 Å². The summed E-state index contributed by atoms with van der Waals surface area (Å²) in [5, 5.41) is 16.2. The number of hydrogen-bond donors (Lipinski definition) is 3. The Morgan fingerprint density at radius 2 is 1.83 bits per heavy atom. The second kappa shape index (κ2) is 11.1. The molecule has 0 saturated carbocycles. The molecule has 0 spiro atoms. The second-order valence-corrected chi connectivity index (χ2v) is 9.97. The predicted molar refractivity (Wildman–Crippen MR) is 141 cm³/mol. The number of carbonyl (C=O) groups excluding carboxylic acids is 2. The largest absolute Gasteiger partial charge is 0.342 e. The summed E-state index contributed by atoms with van der Waals surface area (Å²) in [7, 11) is 0. The molecule has 2 amide bonds. The average Bonchev–Trinajstić information content (AvgIpc) is 3.30. The number of carbonyl (C=O) groups is 2. The predicted octanol–water partition coefficient (Wildman–Crippen LogP) is 6.12. The molecule has 1 aromatic heterocycles. The maximum atomic E-state index is 12.8. The van der Waals surface area contributed by atoms with Gasteiger partial charge < -0.3 is 10.6 Å². The quantitative estimate of drug-likeness (QED) is 0.239. The zero-order valence-electron chi connectivity index (χ0n) is 19.0. The number of hydrogen-bond acceptors (Lipinski definition) is 5. The zero-order chi connectivity index (χ0) is 24.9. The number of aromatic amines is 1. The molecule has 4 rings (SSSR count). The smallest absolute Gasteiger partial charge is 0.253 e. The topological polar surface area (TPSA) is 99.8 Å². The van der Waals surface area contributed by atoms with Crippen molar-refractivity contribution in [2.24, 2.45) is 5.92 Å². The van der Waals surface area contributed by atoms with E-state index in [2.05, 4.69) is 25.8 Å². The Hall–Kier alpha value is -3.07. The molecular formula is C25H23Cl2N5O2S. The highest BCUT2D eigenvalue weighted by molar-refractivity contribution is 7.99. The van der Waals surface area contributed by atoms with E-state index in [4.69, 9.17) is 23.2 Å². The number of rotatable bonds is 8. The van der Waals surface area contributed by atoms with Gasteiger partial charge in [0, 0.05) is 16.1 Å². The molecule has 1 heterocycles. The summed E-state index contributed by atoms with van der Waals surface area (Å²) in [5.41, 5.74) is 1.08. The minimum atomic E-state index is -0.430. The molecule has 4 aromatic rings. The van der Waals surface area contributed by atoms with E-state index in [1.807, 2.05) is 56.3 Å². The Bertz CT molecular complexity index is 1370. The molecule has 3 aromatic carbocycles. The van der Waals surface area contributed by atoms with Gasteiger partial charge >= 0.3 is 0 Å². The van der Waals surface area contributed by atoms with Gasteiger partial charge in [0.15, 0.2) is 0 Å². The summed E-state index contributed by atoms with van der Waals surface area (Å²) >= 11 is 13.3. The number of anilines is 1. The molecule has 0 radical (unpaired) electrons. The Kier molecular flexibility index (Phi) is 7.95. The molecule has 0 aliphatic heterocycles. The number of nitrogens with zero attached hydrogens (tertiary/aromatic N) is 2. The van der Waals surface area contributed by atoms with Crippen LogP contribution in [-0.4, -0.2) is 32.7 Å². The van der Waals surface area contributed by atoms with Crippen LogP contribution < -0.4 is 10.6 Å². The lowest BCUT2D eigenvalue weighted by atomic mass is 10.0. The van der Waals surface area contributed by atoms with Gasteiger partial charge in [-0.1, -0.05) is 85.2 Å². The minimum absolute atomic E-state index is 0.0190. The first-order chi connectivity index (χ1) is 16.8. The number of fused-ring (bicyclic) bond motifs is 1. The van der Waals surface area contributed by atoms with E-state index in [0.717, 1.165) is 16.5 Å². The van der Waals surface area contributed by atoms with Gasteiger partial charge in [-0.15, -0.1) is 5.10 Å². The number of amides is 2. The number of H-pyrrole nitrogens is 1.